The van der Waals surface area contributed by atoms with Crippen LogP contribution in [-0.4, -0.2) is 36.5 Å². The Hall–Kier alpha value is -3.53. The molecule has 1 aromatic carbocycles. The van der Waals surface area contributed by atoms with Gasteiger partial charge in [-0.15, -0.1) is 32.1 Å². The van der Waals surface area contributed by atoms with Crippen LogP contribution in [0.5, 0.6) is 0 Å². The smallest absolute Gasteiger partial charge is 0.406 e. The predicted octanol–water partition coefficient (Wildman–Crippen LogP) is 10.7. The molecule has 0 bridgehead atoms. The Labute approximate surface area is 277 Å². The second-order valence-electron chi connectivity index (χ2n) is 9.73. The first-order chi connectivity index (χ1) is 21.6. The number of halogens is 7. The monoisotopic (exact) mass is 682 g/mol. The lowest BCUT2D eigenvalue weighted by Gasteiger charge is -2.30. The summed E-state index contributed by atoms with van der Waals surface area (Å²) in [6, 6.07) is 6.10. The summed E-state index contributed by atoms with van der Waals surface area (Å²) in [4.78, 5) is 0. The molecule has 0 aliphatic carbocycles. The highest BCUT2D eigenvalue weighted by molar-refractivity contribution is 5.50. The van der Waals surface area contributed by atoms with Crippen molar-refractivity contribution in [3.05, 3.63) is 90.1 Å². The Morgan fingerprint density at radius 2 is 1.45 bits per heavy atom. The average molecular weight is 683 g/mol. The molecule has 0 spiro atoms. The van der Waals surface area contributed by atoms with E-state index in [0.717, 1.165) is 23.0 Å². The molecule has 5 nitrogen and oxygen atoms in total. The lowest BCUT2D eigenvalue weighted by atomic mass is 9.96. The molecule has 0 heterocycles. The Morgan fingerprint density at radius 1 is 0.979 bits per heavy atom. The Bertz CT molecular complexity index is 1110. The highest BCUT2D eigenvalue weighted by Gasteiger charge is 2.53. The SMILES string of the molecule is C#CC.C=C(C)CC(O)(COC/C=C\C/C=C\C(=C)OC(F)(F)F)C(F)(F)F.CC.CC(C)=C(C)N(N)c1ccc(F)cc1.CCC. The maximum atomic E-state index is 12.8. The van der Waals surface area contributed by atoms with Crippen LogP contribution >= 0.6 is 0 Å². The predicted molar refractivity (Wildman–Crippen MR) is 179 cm³/mol. The normalized spacial score (nSPS) is 11.9. The molecule has 1 atom stereocenters. The van der Waals surface area contributed by atoms with E-state index in [2.05, 4.69) is 44.1 Å². The number of terminal acetylenes is 1. The molecule has 0 radical (unpaired) electrons. The van der Waals surface area contributed by atoms with E-state index in [9.17, 15) is 35.8 Å². The molecule has 0 saturated heterocycles. The molecule has 0 aliphatic rings. The van der Waals surface area contributed by atoms with Gasteiger partial charge in [0, 0.05) is 12.1 Å². The van der Waals surface area contributed by atoms with Crippen LogP contribution in [-0.2, 0) is 9.47 Å². The molecule has 1 unspecified atom stereocenters. The first-order valence-corrected chi connectivity index (χ1v) is 14.7. The number of allylic oxidation sites excluding steroid dienone is 5. The average Bonchev–Trinajstić information content (AvgIpc) is 2.94. The van der Waals surface area contributed by atoms with Crippen molar-refractivity contribution in [1.82, 2.24) is 0 Å². The van der Waals surface area contributed by atoms with Gasteiger partial charge >= 0.3 is 12.5 Å². The molecule has 1 aromatic rings. The summed E-state index contributed by atoms with van der Waals surface area (Å²) < 4.78 is 94.9. The number of rotatable bonds is 12. The first-order valence-electron chi connectivity index (χ1n) is 14.7. The van der Waals surface area contributed by atoms with E-state index in [1.807, 2.05) is 34.6 Å². The van der Waals surface area contributed by atoms with Crippen LogP contribution in [0.4, 0.5) is 36.4 Å². The van der Waals surface area contributed by atoms with E-state index in [1.54, 1.807) is 24.1 Å². The van der Waals surface area contributed by atoms with Crippen molar-refractivity contribution < 1.29 is 45.3 Å². The fourth-order valence-corrected chi connectivity index (χ4v) is 2.69. The molecular weight excluding hydrogens is 629 g/mol. The maximum Gasteiger partial charge on any atom is 0.573 e. The molecule has 12 heteroatoms. The molecule has 47 heavy (non-hydrogen) atoms. The van der Waals surface area contributed by atoms with Gasteiger partial charge < -0.3 is 14.6 Å². The number of nitrogens with two attached hydrogens (primary N) is 1. The minimum absolute atomic E-state index is 0.158. The third-order valence-corrected chi connectivity index (χ3v) is 4.86. The van der Waals surface area contributed by atoms with Crippen molar-refractivity contribution in [2.75, 3.05) is 18.2 Å². The summed E-state index contributed by atoms with van der Waals surface area (Å²) >= 11 is 0. The molecule has 1 rings (SSSR count). The van der Waals surface area contributed by atoms with Crippen LogP contribution < -0.4 is 10.9 Å². The zero-order valence-electron chi connectivity index (χ0n) is 29.1. The minimum Gasteiger partial charge on any atom is -0.406 e. The van der Waals surface area contributed by atoms with Gasteiger partial charge in [0.1, 0.15) is 11.6 Å². The van der Waals surface area contributed by atoms with Crippen LogP contribution in [0.2, 0.25) is 0 Å². The van der Waals surface area contributed by atoms with E-state index in [1.165, 1.54) is 43.7 Å². The summed E-state index contributed by atoms with van der Waals surface area (Å²) in [5, 5.41) is 11.2. The summed E-state index contributed by atoms with van der Waals surface area (Å²) in [6.45, 7) is 22.4. The largest absolute Gasteiger partial charge is 0.573 e. The fraction of sp³-hybridized carbons (Fsp3) is 0.486. The van der Waals surface area contributed by atoms with Crippen LogP contribution in [0, 0.1) is 18.2 Å². The molecule has 0 saturated carbocycles. The van der Waals surface area contributed by atoms with Gasteiger partial charge in [-0.1, -0.05) is 70.1 Å². The highest BCUT2D eigenvalue weighted by Crippen LogP contribution is 2.35. The maximum absolute atomic E-state index is 12.8. The van der Waals surface area contributed by atoms with Gasteiger partial charge in [0.05, 0.1) is 18.9 Å². The lowest BCUT2D eigenvalue weighted by Crippen LogP contribution is -2.49. The van der Waals surface area contributed by atoms with Crippen LogP contribution in [0.15, 0.2) is 84.3 Å². The molecule has 270 valence electrons. The van der Waals surface area contributed by atoms with E-state index in [0.29, 0.717) is 0 Å². The number of anilines is 1. The highest BCUT2D eigenvalue weighted by atomic mass is 19.4. The second kappa shape index (κ2) is 27.6. The van der Waals surface area contributed by atoms with Crippen LogP contribution in [0.1, 0.15) is 81.6 Å². The lowest BCUT2D eigenvalue weighted by molar-refractivity contribution is -0.303. The standard InChI is InChI=1S/C16H20F6O3.C11H15FN2.C3H8.C3H4.C2H6/c1-12(2)10-14(23,15(17,18)19)11-24-9-7-5-4-6-8-13(3)25-16(20,21)22;1-8(2)9(3)14(13)11-6-4-10(12)5-7-11;2*1-3-2;1-2/h5-8,23H,1,3-4,9-11H2,2H3;4-7H,13H2,1-3H3;3H2,1-2H3;1H,2H3;1-2H3/b7-5-,8-6-;;;;. The zero-order valence-corrected chi connectivity index (χ0v) is 29.1. The Balaban J connectivity index is -0.000000350. The van der Waals surface area contributed by atoms with Crippen molar-refractivity contribution >= 4 is 5.69 Å². The quantitative estimate of drug-likeness (QED) is 0.0336. The fourth-order valence-electron chi connectivity index (χ4n) is 2.69. The van der Waals surface area contributed by atoms with Crippen molar-refractivity contribution in [1.29, 1.82) is 0 Å². The van der Waals surface area contributed by atoms with Crippen molar-refractivity contribution in [2.45, 2.75) is 99.7 Å². The number of aliphatic hydroxyl groups is 1. The van der Waals surface area contributed by atoms with E-state index < -0.39 is 36.9 Å². The topological polar surface area (TPSA) is 68.0 Å². The number of benzene rings is 1. The zero-order chi connectivity index (χ0) is 37.9. The molecule has 0 amide bonds. The van der Waals surface area contributed by atoms with E-state index in [4.69, 9.17) is 10.6 Å². The van der Waals surface area contributed by atoms with Crippen molar-refractivity contribution in [3.63, 3.8) is 0 Å². The van der Waals surface area contributed by atoms with Crippen LogP contribution in [0.25, 0.3) is 0 Å². The molecule has 0 aliphatic heterocycles. The van der Waals surface area contributed by atoms with Crippen molar-refractivity contribution in [3.8, 4) is 12.3 Å². The number of ether oxygens (including phenoxy) is 2. The van der Waals surface area contributed by atoms with Gasteiger partial charge in [0.15, 0.2) is 5.60 Å². The third-order valence-electron chi connectivity index (χ3n) is 4.86. The Kier molecular flexibility index (Phi) is 29.5. The molecular formula is C35H53F7N2O3. The minimum atomic E-state index is -4.86. The summed E-state index contributed by atoms with van der Waals surface area (Å²) in [5.74, 6) is 7.25. The second-order valence-corrected chi connectivity index (χ2v) is 9.73. The van der Waals surface area contributed by atoms with Crippen molar-refractivity contribution in [2.24, 2.45) is 5.84 Å². The van der Waals surface area contributed by atoms with E-state index >= 15 is 0 Å². The number of hydrogen-bond acceptors (Lipinski definition) is 5. The van der Waals surface area contributed by atoms with Gasteiger partial charge in [0.25, 0.3) is 0 Å². The number of nitrogens with zero attached hydrogens (tertiary/aromatic N) is 1. The van der Waals surface area contributed by atoms with Gasteiger partial charge in [-0.2, -0.15) is 13.2 Å². The summed E-state index contributed by atoms with van der Waals surface area (Å²) in [5.41, 5.74) is 0.0307. The Morgan fingerprint density at radius 3 is 1.83 bits per heavy atom. The number of hydrogen-bond donors (Lipinski definition) is 2. The van der Waals surface area contributed by atoms with Crippen LogP contribution in [0.3, 0.4) is 0 Å². The molecule has 0 aromatic heterocycles. The number of hydrazine groups is 1. The summed E-state index contributed by atoms with van der Waals surface area (Å²) in [6.07, 6.45) is 0.842. The van der Waals surface area contributed by atoms with Gasteiger partial charge in [0.2, 0.25) is 0 Å². The molecule has 3 N–H and O–H groups in total. The van der Waals surface area contributed by atoms with Gasteiger partial charge in [-0.25, -0.2) is 10.2 Å². The van der Waals surface area contributed by atoms with Gasteiger partial charge in [-0.05, 0) is 71.4 Å². The van der Waals surface area contributed by atoms with E-state index in [-0.39, 0.29) is 24.4 Å². The molecule has 0 fully saturated rings. The summed E-state index contributed by atoms with van der Waals surface area (Å²) in [7, 11) is 0. The first kappa shape index (κ1) is 50.3. The third kappa shape index (κ3) is 28.4. The number of alkyl halides is 6. The van der Waals surface area contributed by atoms with Gasteiger partial charge in [-0.3, -0.25) is 5.01 Å².